The van der Waals surface area contributed by atoms with E-state index < -0.39 is 0 Å². The molecule has 0 radical (unpaired) electrons. The fourth-order valence-corrected chi connectivity index (χ4v) is 2.21. The van der Waals surface area contributed by atoms with Gasteiger partial charge in [-0.3, -0.25) is 0 Å². The molecule has 0 unspecified atom stereocenters. The zero-order valence-electron chi connectivity index (χ0n) is 17.5. The molecule has 1 fully saturated rings. The summed E-state index contributed by atoms with van der Waals surface area (Å²) >= 11 is 4.39. The number of unbranched alkanes of at least 4 members (excludes halogenated alkanes) is 1. The number of hydrogen-bond acceptors (Lipinski definition) is 3. The van der Waals surface area contributed by atoms with E-state index in [1.54, 1.807) is 7.11 Å². The molecule has 1 aliphatic carbocycles. The van der Waals surface area contributed by atoms with Crippen LogP contribution in [0.15, 0.2) is 36.1 Å². The third kappa shape index (κ3) is 10.2. The molecule has 0 atom stereocenters. The second kappa shape index (κ2) is 11.9. The van der Waals surface area contributed by atoms with Gasteiger partial charge in [-0.25, -0.2) is 0 Å². The minimum Gasteiger partial charge on any atom is -0.491 e. The highest BCUT2D eigenvalue weighted by molar-refractivity contribution is 7.81. The highest BCUT2D eigenvalue weighted by Gasteiger charge is 2.33. The van der Waals surface area contributed by atoms with Gasteiger partial charge in [0, 0.05) is 11.9 Å². The van der Waals surface area contributed by atoms with Gasteiger partial charge in [0.25, 0.3) is 0 Å². The van der Waals surface area contributed by atoms with Crippen molar-refractivity contribution in [3.63, 3.8) is 0 Å². The first-order valence-corrected chi connectivity index (χ1v) is 9.96. The van der Waals surface area contributed by atoms with Crippen molar-refractivity contribution in [2.45, 2.75) is 96.5 Å². The Hall–Kier alpha value is -0.670. The lowest BCUT2D eigenvalue weighted by Crippen LogP contribution is -2.42. The largest absolute Gasteiger partial charge is 0.491 e. The van der Waals surface area contributed by atoms with Crippen LogP contribution in [0.4, 0.5) is 0 Å². The van der Waals surface area contributed by atoms with Crippen molar-refractivity contribution < 1.29 is 9.47 Å². The van der Waals surface area contributed by atoms with E-state index in [0.29, 0.717) is 6.10 Å². The summed E-state index contributed by atoms with van der Waals surface area (Å²) in [7, 11) is 1.71. The van der Waals surface area contributed by atoms with Crippen LogP contribution in [0.1, 0.15) is 80.1 Å². The summed E-state index contributed by atoms with van der Waals surface area (Å²) in [5.74, 6) is 0.841. The summed E-state index contributed by atoms with van der Waals surface area (Å²) in [5.41, 5.74) is 0.982. The molecule has 0 N–H and O–H groups in total. The fraction of sp³-hybridized carbons (Fsp3) is 0.727. The van der Waals surface area contributed by atoms with Crippen molar-refractivity contribution in [2.75, 3.05) is 7.11 Å². The average molecular weight is 369 g/mol. The predicted octanol–water partition coefficient (Wildman–Crippen LogP) is 6.88. The van der Waals surface area contributed by atoms with E-state index >= 15 is 0 Å². The fourth-order valence-electron chi connectivity index (χ4n) is 2.12. The minimum absolute atomic E-state index is 0.0816. The van der Waals surface area contributed by atoms with Crippen LogP contribution >= 0.6 is 12.6 Å². The molecular weight excluding hydrogens is 328 g/mol. The molecule has 0 aromatic rings. The molecule has 0 amide bonds. The van der Waals surface area contributed by atoms with Crippen molar-refractivity contribution >= 4 is 12.6 Å². The molecule has 0 bridgehead atoms. The summed E-state index contributed by atoms with van der Waals surface area (Å²) in [6.07, 6.45) is 14.1. The van der Waals surface area contributed by atoms with Crippen molar-refractivity contribution in [1.29, 1.82) is 0 Å². The second-order valence-corrected chi connectivity index (χ2v) is 8.91. The summed E-state index contributed by atoms with van der Waals surface area (Å²) in [4.78, 5) is 0. The number of rotatable bonds is 8. The van der Waals surface area contributed by atoms with Gasteiger partial charge in [-0.05, 0) is 72.3 Å². The second-order valence-electron chi connectivity index (χ2n) is 7.79. The van der Waals surface area contributed by atoms with Crippen LogP contribution in [-0.2, 0) is 9.47 Å². The number of allylic oxidation sites excluding steroid dienone is 4. The average Bonchev–Trinajstić information content (AvgIpc) is 3.03. The van der Waals surface area contributed by atoms with Gasteiger partial charge in [0.05, 0.1) is 11.7 Å². The van der Waals surface area contributed by atoms with E-state index in [9.17, 15) is 0 Å². The maximum absolute atomic E-state index is 5.83. The van der Waals surface area contributed by atoms with Crippen LogP contribution in [-0.4, -0.2) is 23.6 Å². The first kappa shape index (κ1) is 24.3. The van der Waals surface area contributed by atoms with Crippen molar-refractivity contribution in [1.82, 2.24) is 0 Å². The van der Waals surface area contributed by atoms with Gasteiger partial charge in [-0.15, -0.1) is 0 Å². The Morgan fingerprint density at radius 1 is 1.20 bits per heavy atom. The SMILES string of the molecule is C=C(OC1CCCC1)/C(C)=C\C=C/CCC.COC(C)(C)C(C)(C)S. The highest BCUT2D eigenvalue weighted by Crippen LogP contribution is 2.29. The van der Waals surface area contributed by atoms with E-state index in [2.05, 4.69) is 51.3 Å². The molecule has 1 aliphatic rings. The molecule has 0 aliphatic heterocycles. The molecule has 25 heavy (non-hydrogen) atoms. The Morgan fingerprint density at radius 3 is 2.16 bits per heavy atom. The van der Waals surface area contributed by atoms with Gasteiger partial charge < -0.3 is 9.47 Å². The van der Waals surface area contributed by atoms with E-state index in [-0.39, 0.29) is 10.3 Å². The van der Waals surface area contributed by atoms with Gasteiger partial charge in [0.1, 0.15) is 5.76 Å². The van der Waals surface area contributed by atoms with Crippen LogP contribution in [0.25, 0.3) is 0 Å². The summed E-state index contributed by atoms with van der Waals surface area (Å²) in [6, 6.07) is 0. The summed E-state index contributed by atoms with van der Waals surface area (Å²) in [6.45, 7) is 16.4. The minimum atomic E-state index is -0.157. The lowest BCUT2D eigenvalue weighted by Gasteiger charge is -2.36. The third-order valence-electron chi connectivity index (χ3n) is 4.97. The van der Waals surface area contributed by atoms with E-state index in [4.69, 9.17) is 9.47 Å². The first-order chi connectivity index (χ1) is 11.5. The Kier molecular flexibility index (Phi) is 11.5. The Morgan fingerprint density at radius 2 is 1.76 bits per heavy atom. The topological polar surface area (TPSA) is 18.5 Å². The molecule has 0 saturated heterocycles. The van der Waals surface area contributed by atoms with Gasteiger partial charge in [0.2, 0.25) is 0 Å². The summed E-state index contributed by atoms with van der Waals surface area (Å²) in [5, 5.41) is 0. The zero-order valence-corrected chi connectivity index (χ0v) is 18.4. The van der Waals surface area contributed by atoms with Crippen molar-refractivity contribution in [3.8, 4) is 0 Å². The monoisotopic (exact) mass is 368 g/mol. The van der Waals surface area contributed by atoms with Crippen LogP contribution in [0, 0.1) is 0 Å². The maximum atomic E-state index is 5.83. The van der Waals surface area contributed by atoms with E-state index in [1.165, 1.54) is 32.1 Å². The van der Waals surface area contributed by atoms with Gasteiger partial charge in [0.15, 0.2) is 0 Å². The molecule has 1 saturated carbocycles. The van der Waals surface area contributed by atoms with E-state index in [0.717, 1.165) is 17.8 Å². The Labute approximate surface area is 162 Å². The normalized spacial score (nSPS) is 16.7. The molecular formula is C22H40O2S. The van der Waals surface area contributed by atoms with Crippen LogP contribution in [0.2, 0.25) is 0 Å². The lowest BCUT2D eigenvalue weighted by atomic mass is 9.93. The molecule has 0 heterocycles. The number of ether oxygens (including phenoxy) is 2. The number of thiol groups is 1. The zero-order chi connectivity index (χ0) is 19.5. The van der Waals surface area contributed by atoms with Crippen LogP contribution in [0.5, 0.6) is 0 Å². The van der Waals surface area contributed by atoms with E-state index in [1.807, 2.05) is 27.7 Å². The van der Waals surface area contributed by atoms with Crippen LogP contribution in [0.3, 0.4) is 0 Å². The lowest BCUT2D eigenvalue weighted by molar-refractivity contribution is -0.00128. The van der Waals surface area contributed by atoms with Gasteiger partial charge in [-0.2, -0.15) is 12.6 Å². The Balaban J connectivity index is 0.000000547. The first-order valence-electron chi connectivity index (χ1n) is 9.52. The number of hydrogen-bond donors (Lipinski definition) is 1. The third-order valence-corrected chi connectivity index (χ3v) is 5.51. The number of methoxy groups -OCH3 is 1. The molecule has 2 nitrogen and oxygen atoms in total. The Bertz CT molecular complexity index is 435. The highest BCUT2D eigenvalue weighted by atomic mass is 32.1. The van der Waals surface area contributed by atoms with Gasteiger partial charge in [-0.1, -0.05) is 38.2 Å². The predicted molar refractivity (Wildman–Crippen MR) is 114 cm³/mol. The van der Waals surface area contributed by atoms with Gasteiger partial charge >= 0.3 is 0 Å². The summed E-state index contributed by atoms with van der Waals surface area (Å²) < 4.78 is 11.0. The smallest absolute Gasteiger partial charge is 0.115 e. The molecule has 1 rings (SSSR count). The maximum Gasteiger partial charge on any atom is 0.115 e. The van der Waals surface area contributed by atoms with Crippen LogP contribution < -0.4 is 0 Å². The molecule has 0 aromatic carbocycles. The molecule has 0 spiro atoms. The van der Waals surface area contributed by atoms with Crippen molar-refractivity contribution in [2.24, 2.45) is 0 Å². The molecule has 146 valence electrons. The van der Waals surface area contributed by atoms with Crippen molar-refractivity contribution in [3.05, 3.63) is 36.1 Å². The quantitative estimate of drug-likeness (QED) is 0.286. The molecule has 3 heteroatoms. The standard InChI is InChI=1S/C15H24O.C7H16OS/c1-4-5-6-7-10-13(2)14(3)16-15-11-8-9-12-15;1-6(2,8-5)7(3,4)9/h6-7,10,15H,3-5,8-9,11-12H2,1-2H3;9H,1-5H3/b7-6-,13-10-;. The molecule has 0 aromatic heterocycles.